The van der Waals surface area contributed by atoms with Gasteiger partial charge in [0.15, 0.2) is 0 Å². The first-order chi connectivity index (χ1) is 10.1. The first kappa shape index (κ1) is 14.8. The van der Waals surface area contributed by atoms with Crippen LogP contribution in [0.15, 0.2) is 18.2 Å². The molecule has 3 rings (SSSR count). The number of ether oxygens (including phenoxy) is 1. The highest BCUT2D eigenvalue weighted by molar-refractivity contribution is 5.37. The van der Waals surface area contributed by atoms with E-state index in [9.17, 15) is 4.39 Å². The van der Waals surface area contributed by atoms with Gasteiger partial charge >= 0.3 is 0 Å². The third-order valence-corrected chi connectivity index (χ3v) is 5.60. The lowest BCUT2D eigenvalue weighted by molar-refractivity contribution is 0.0843. The second-order valence-electron chi connectivity index (χ2n) is 6.96. The predicted molar refractivity (Wildman–Crippen MR) is 82.9 cm³/mol. The molecule has 1 aliphatic heterocycles. The van der Waals surface area contributed by atoms with Crippen LogP contribution in [-0.4, -0.2) is 12.6 Å². The van der Waals surface area contributed by atoms with E-state index in [0.717, 1.165) is 36.6 Å². The van der Waals surface area contributed by atoms with Gasteiger partial charge < -0.3 is 10.5 Å². The van der Waals surface area contributed by atoms with Crippen molar-refractivity contribution in [1.29, 1.82) is 0 Å². The van der Waals surface area contributed by atoms with Crippen molar-refractivity contribution in [3.05, 3.63) is 29.6 Å². The number of fused-ring (bicyclic) bond motifs is 1. The van der Waals surface area contributed by atoms with Gasteiger partial charge in [-0.15, -0.1) is 0 Å². The van der Waals surface area contributed by atoms with Crippen molar-refractivity contribution in [2.24, 2.45) is 17.1 Å². The van der Waals surface area contributed by atoms with Gasteiger partial charge in [0.25, 0.3) is 0 Å². The number of halogens is 1. The Kier molecular flexibility index (Phi) is 4.21. The monoisotopic (exact) mass is 291 g/mol. The van der Waals surface area contributed by atoms with E-state index in [1.807, 2.05) is 0 Å². The Bertz CT molecular complexity index is 494. The van der Waals surface area contributed by atoms with Crippen LogP contribution in [0.4, 0.5) is 4.39 Å². The molecule has 1 aromatic rings. The molecule has 1 saturated carbocycles. The van der Waals surface area contributed by atoms with E-state index in [0.29, 0.717) is 0 Å². The fourth-order valence-electron chi connectivity index (χ4n) is 4.08. The molecule has 2 N–H and O–H groups in total. The van der Waals surface area contributed by atoms with Crippen LogP contribution in [0.3, 0.4) is 0 Å². The fourth-order valence-corrected chi connectivity index (χ4v) is 4.08. The molecule has 1 aromatic carbocycles. The zero-order chi connectivity index (χ0) is 14.9. The molecule has 116 valence electrons. The average Bonchev–Trinajstić information content (AvgIpc) is 2.89. The summed E-state index contributed by atoms with van der Waals surface area (Å²) in [5, 5.41) is 0. The van der Waals surface area contributed by atoms with Gasteiger partial charge in [0.2, 0.25) is 0 Å². The molecular formula is C18H26FNO. The van der Waals surface area contributed by atoms with Crippen LogP contribution in [-0.2, 0) is 6.42 Å². The molecular weight excluding hydrogens is 265 g/mol. The number of benzene rings is 1. The molecule has 1 atom stereocenters. The topological polar surface area (TPSA) is 35.2 Å². The third kappa shape index (κ3) is 3.08. The number of hydrogen-bond acceptors (Lipinski definition) is 2. The molecule has 2 nitrogen and oxygen atoms in total. The Morgan fingerprint density at radius 2 is 2.10 bits per heavy atom. The molecule has 1 heterocycles. The molecule has 0 radical (unpaired) electrons. The van der Waals surface area contributed by atoms with Gasteiger partial charge in [-0.05, 0) is 68.2 Å². The summed E-state index contributed by atoms with van der Waals surface area (Å²) < 4.78 is 19.3. The van der Waals surface area contributed by atoms with Gasteiger partial charge in [-0.2, -0.15) is 0 Å². The lowest BCUT2D eigenvalue weighted by atomic mass is 9.67. The zero-order valence-corrected chi connectivity index (χ0v) is 12.9. The van der Waals surface area contributed by atoms with Crippen molar-refractivity contribution in [1.82, 2.24) is 0 Å². The zero-order valence-electron chi connectivity index (χ0n) is 12.9. The largest absolute Gasteiger partial charge is 0.490 e. The molecule has 0 spiro atoms. The smallest absolute Gasteiger partial charge is 0.123 e. The Morgan fingerprint density at radius 3 is 2.76 bits per heavy atom. The Balaban J connectivity index is 1.64. The SMILES string of the molecule is CCC1CCC(CN)(CC2Cc3cc(F)ccc3O2)CC1. The van der Waals surface area contributed by atoms with E-state index >= 15 is 0 Å². The fraction of sp³-hybridized carbons (Fsp3) is 0.667. The summed E-state index contributed by atoms with van der Waals surface area (Å²) in [5.41, 5.74) is 7.36. The van der Waals surface area contributed by atoms with Crippen LogP contribution >= 0.6 is 0 Å². The molecule has 21 heavy (non-hydrogen) atoms. The van der Waals surface area contributed by atoms with Gasteiger partial charge in [0, 0.05) is 12.0 Å². The van der Waals surface area contributed by atoms with Gasteiger partial charge in [-0.1, -0.05) is 13.3 Å². The summed E-state index contributed by atoms with van der Waals surface area (Å²) in [5.74, 6) is 1.56. The summed E-state index contributed by atoms with van der Waals surface area (Å²) in [7, 11) is 0. The van der Waals surface area contributed by atoms with E-state index in [2.05, 4.69) is 6.92 Å². The maximum atomic E-state index is 13.3. The molecule has 2 aliphatic rings. The minimum atomic E-state index is -0.171. The second kappa shape index (κ2) is 5.96. The van der Waals surface area contributed by atoms with Crippen molar-refractivity contribution in [3.63, 3.8) is 0 Å². The minimum Gasteiger partial charge on any atom is -0.490 e. The Hall–Kier alpha value is -1.09. The lowest BCUT2D eigenvalue weighted by Crippen LogP contribution is -2.38. The van der Waals surface area contributed by atoms with Crippen LogP contribution in [0.25, 0.3) is 0 Å². The highest BCUT2D eigenvalue weighted by Crippen LogP contribution is 2.44. The second-order valence-corrected chi connectivity index (χ2v) is 6.96. The first-order valence-corrected chi connectivity index (χ1v) is 8.29. The van der Waals surface area contributed by atoms with Crippen LogP contribution in [0.2, 0.25) is 0 Å². The quantitative estimate of drug-likeness (QED) is 0.907. The maximum Gasteiger partial charge on any atom is 0.123 e. The molecule has 1 aliphatic carbocycles. The molecule has 0 bridgehead atoms. The standard InChI is InChI=1S/C18H26FNO/c1-2-13-5-7-18(12-20,8-6-13)11-16-10-14-9-15(19)3-4-17(14)21-16/h3-4,9,13,16H,2,5-8,10-12,20H2,1H3. The highest BCUT2D eigenvalue weighted by atomic mass is 19.1. The number of hydrogen-bond donors (Lipinski definition) is 1. The van der Waals surface area contributed by atoms with E-state index in [-0.39, 0.29) is 17.3 Å². The molecule has 1 fully saturated rings. The van der Waals surface area contributed by atoms with Crippen molar-refractivity contribution in [3.8, 4) is 5.75 Å². The summed E-state index contributed by atoms with van der Waals surface area (Å²) in [4.78, 5) is 0. The summed E-state index contributed by atoms with van der Waals surface area (Å²) in [6.07, 6.45) is 8.31. The summed E-state index contributed by atoms with van der Waals surface area (Å²) in [6.45, 7) is 3.03. The van der Waals surface area contributed by atoms with E-state index in [1.165, 1.54) is 38.2 Å². The van der Waals surface area contributed by atoms with Crippen LogP contribution in [0.5, 0.6) is 5.75 Å². The normalized spacial score (nSPS) is 31.8. The van der Waals surface area contributed by atoms with E-state index < -0.39 is 0 Å². The molecule has 1 unspecified atom stereocenters. The Labute approximate surface area is 126 Å². The molecule has 0 aromatic heterocycles. The van der Waals surface area contributed by atoms with Gasteiger partial charge in [0.1, 0.15) is 17.7 Å². The minimum absolute atomic E-state index is 0.170. The first-order valence-electron chi connectivity index (χ1n) is 8.29. The van der Waals surface area contributed by atoms with Crippen LogP contribution in [0.1, 0.15) is 51.0 Å². The van der Waals surface area contributed by atoms with Crippen molar-refractivity contribution < 1.29 is 9.13 Å². The van der Waals surface area contributed by atoms with Gasteiger partial charge in [0.05, 0.1) is 0 Å². The van der Waals surface area contributed by atoms with E-state index in [1.54, 1.807) is 12.1 Å². The van der Waals surface area contributed by atoms with Crippen molar-refractivity contribution >= 4 is 0 Å². The molecule has 0 amide bonds. The summed E-state index contributed by atoms with van der Waals surface area (Å²) >= 11 is 0. The van der Waals surface area contributed by atoms with Crippen LogP contribution in [0, 0.1) is 17.2 Å². The van der Waals surface area contributed by atoms with Crippen molar-refractivity contribution in [2.75, 3.05) is 6.54 Å². The molecule has 0 saturated heterocycles. The lowest BCUT2D eigenvalue weighted by Gasteiger charge is -2.40. The number of rotatable bonds is 4. The van der Waals surface area contributed by atoms with Gasteiger partial charge in [-0.3, -0.25) is 0 Å². The Morgan fingerprint density at radius 1 is 1.33 bits per heavy atom. The average molecular weight is 291 g/mol. The molecule has 3 heteroatoms. The summed E-state index contributed by atoms with van der Waals surface area (Å²) in [6, 6.07) is 4.85. The number of nitrogens with two attached hydrogens (primary N) is 1. The van der Waals surface area contributed by atoms with Gasteiger partial charge in [-0.25, -0.2) is 4.39 Å². The maximum absolute atomic E-state index is 13.3. The predicted octanol–water partition coefficient (Wildman–Crippen LogP) is 4.06. The highest BCUT2D eigenvalue weighted by Gasteiger charge is 2.38. The van der Waals surface area contributed by atoms with E-state index in [4.69, 9.17) is 10.5 Å². The van der Waals surface area contributed by atoms with Crippen LogP contribution < -0.4 is 10.5 Å². The third-order valence-electron chi connectivity index (χ3n) is 5.60. The van der Waals surface area contributed by atoms with Crippen molar-refractivity contribution in [2.45, 2.75) is 58.0 Å².